The zero-order valence-electron chi connectivity index (χ0n) is 10.1. The van der Waals surface area contributed by atoms with Crippen molar-refractivity contribution in [3.05, 3.63) is 30.1 Å². The van der Waals surface area contributed by atoms with Crippen LogP contribution in [0.15, 0.2) is 24.5 Å². The van der Waals surface area contributed by atoms with Gasteiger partial charge in [-0.15, -0.1) is 0 Å². The molecule has 0 aromatic carbocycles. The Balaban J connectivity index is 2.37. The van der Waals surface area contributed by atoms with Gasteiger partial charge < -0.3 is 10.6 Å². The lowest BCUT2D eigenvalue weighted by Gasteiger charge is -2.11. The largest absolute Gasteiger partial charge is 0.345 e. The molecule has 1 rings (SSSR count). The van der Waals surface area contributed by atoms with Crippen LogP contribution < -0.4 is 10.6 Å². The lowest BCUT2D eigenvalue weighted by molar-refractivity contribution is -0.139. The molecule has 0 saturated carbocycles. The first-order valence-corrected chi connectivity index (χ1v) is 5.61. The van der Waals surface area contributed by atoms with Crippen LogP contribution in [0.4, 0.5) is 0 Å². The van der Waals surface area contributed by atoms with Crippen LogP contribution in [-0.2, 0) is 16.1 Å². The Morgan fingerprint density at radius 2 is 2.18 bits per heavy atom. The normalized spacial score (nSPS) is 11.6. The minimum Gasteiger partial charge on any atom is -0.345 e. The van der Waals surface area contributed by atoms with E-state index in [2.05, 4.69) is 15.6 Å². The summed E-state index contributed by atoms with van der Waals surface area (Å²) in [5, 5.41) is 5.14. The van der Waals surface area contributed by atoms with E-state index in [1.54, 1.807) is 18.5 Å². The summed E-state index contributed by atoms with van der Waals surface area (Å²) in [5.74, 6) is -1.21. The van der Waals surface area contributed by atoms with Crippen LogP contribution in [0.1, 0.15) is 25.8 Å². The van der Waals surface area contributed by atoms with Gasteiger partial charge in [0, 0.05) is 25.0 Å². The summed E-state index contributed by atoms with van der Waals surface area (Å²) in [5.41, 5.74) is 0.859. The van der Waals surface area contributed by atoms with Crippen LogP contribution in [0.3, 0.4) is 0 Å². The van der Waals surface area contributed by atoms with Gasteiger partial charge in [-0.1, -0.05) is 13.0 Å². The van der Waals surface area contributed by atoms with Gasteiger partial charge in [0.2, 0.25) is 0 Å². The number of hydrogen-bond donors (Lipinski definition) is 2. The van der Waals surface area contributed by atoms with Crippen molar-refractivity contribution in [3.63, 3.8) is 0 Å². The number of pyridine rings is 1. The Morgan fingerprint density at radius 1 is 1.41 bits per heavy atom. The predicted octanol–water partition coefficient (Wildman–Crippen LogP) is 0.612. The average Bonchev–Trinajstić information content (AvgIpc) is 2.36. The topological polar surface area (TPSA) is 71.1 Å². The van der Waals surface area contributed by atoms with Crippen LogP contribution in [0.25, 0.3) is 0 Å². The molecule has 1 aromatic heterocycles. The van der Waals surface area contributed by atoms with Gasteiger partial charge in [0.1, 0.15) is 0 Å². The maximum Gasteiger partial charge on any atom is 0.309 e. The molecule has 17 heavy (non-hydrogen) atoms. The number of hydrogen-bond acceptors (Lipinski definition) is 3. The molecule has 0 radical (unpaired) electrons. The molecule has 0 fully saturated rings. The first-order chi connectivity index (χ1) is 8.13. The van der Waals surface area contributed by atoms with E-state index in [1.165, 1.54) is 0 Å². The summed E-state index contributed by atoms with van der Waals surface area (Å²) < 4.78 is 0. The highest BCUT2D eigenvalue weighted by Crippen LogP contribution is 1.94. The van der Waals surface area contributed by atoms with Gasteiger partial charge >= 0.3 is 11.8 Å². The zero-order chi connectivity index (χ0) is 12.7. The molecule has 0 bridgehead atoms. The second-order valence-electron chi connectivity index (χ2n) is 3.83. The zero-order valence-corrected chi connectivity index (χ0v) is 10.1. The highest BCUT2D eigenvalue weighted by molar-refractivity contribution is 6.35. The minimum absolute atomic E-state index is 0.00615. The van der Waals surface area contributed by atoms with Crippen molar-refractivity contribution in [3.8, 4) is 0 Å². The standard InChI is InChI=1S/C12H17N3O2/c1-3-9(2)15-12(17)11(16)14-8-10-5-4-6-13-7-10/h4-7,9H,3,8H2,1-2H3,(H,14,16)(H,15,17). The van der Waals surface area contributed by atoms with Crippen molar-refractivity contribution in [2.24, 2.45) is 0 Å². The van der Waals surface area contributed by atoms with E-state index in [1.807, 2.05) is 19.9 Å². The van der Waals surface area contributed by atoms with Crippen LogP contribution >= 0.6 is 0 Å². The Bertz CT molecular complexity index is 379. The number of rotatable bonds is 4. The number of amides is 2. The first kappa shape index (κ1) is 13.2. The fraction of sp³-hybridized carbons (Fsp3) is 0.417. The molecule has 1 atom stereocenters. The van der Waals surface area contributed by atoms with Crippen molar-refractivity contribution >= 4 is 11.8 Å². The summed E-state index contributed by atoms with van der Waals surface area (Å²) >= 11 is 0. The van der Waals surface area contributed by atoms with Crippen LogP contribution in [0, 0.1) is 0 Å². The third-order valence-corrected chi connectivity index (χ3v) is 2.37. The van der Waals surface area contributed by atoms with Gasteiger partial charge in [0.05, 0.1) is 0 Å². The van der Waals surface area contributed by atoms with Crippen molar-refractivity contribution in [1.29, 1.82) is 0 Å². The van der Waals surface area contributed by atoms with Gasteiger partial charge in [0.15, 0.2) is 0 Å². The number of aromatic nitrogens is 1. The van der Waals surface area contributed by atoms with Crippen LogP contribution in [0.2, 0.25) is 0 Å². The minimum atomic E-state index is -0.617. The Hall–Kier alpha value is -1.91. The molecule has 0 aliphatic rings. The van der Waals surface area contributed by atoms with E-state index in [4.69, 9.17) is 0 Å². The van der Waals surface area contributed by atoms with Crippen molar-refractivity contribution in [1.82, 2.24) is 15.6 Å². The Labute approximate surface area is 101 Å². The second kappa shape index (κ2) is 6.62. The second-order valence-corrected chi connectivity index (χ2v) is 3.83. The molecule has 0 saturated heterocycles. The molecule has 5 nitrogen and oxygen atoms in total. The van der Waals surface area contributed by atoms with Gasteiger partial charge in [-0.25, -0.2) is 0 Å². The third kappa shape index (κ3) is 4.63. The van der Waals surface area contributed by atoms with Gasteiger partial charge in [0.25, 0.3) is 0 Å². The van der Waals surface area contributed by atoms with Gasteiger partial charge in [-0.2, -0.15) is 0 Å². The summed E-state index contributed by atoms with van der Waals surface area (Å²) in [6.07, 6.45) is 4.09. The number of nitrogens with zero attached hydrogens (tertiary/aromatic N) is 1. The van der Waals surface area contributed by atoms with Crippen LogP contribution in [0.5, 0.6) is 0 Å². The molecule has 1 unspecified atom stereocenters. The van der Waals surface area contributed by atoms with E-state index >= 15 is 0 Å². The fourth-order valence-corrected chi connectivity index (χ4v) is 1.16. The van der Waals surface area contributed by atoms with E-state index < -0.39 is 11.8 Å². The molecular weight excluding hydrogens is 218 g/mol. The van der Waals surface area contributed by atoms with Gasteiger partial charge in [-0.05, 0) is 25.0 Å². The quantitative estimate of drug-likeness (QED) is 0.751. The smallest absolute Gasteiger partial charge is 0.309 e. The molecular formula is C12H17N3O2. The fourth-order valence-electron chi connectivity index (χ4n) is 1.16. The van der Waals surface area contributed by atoms with Gasteiger partial charge in [-0.3, -0.25) is 14.6 Å². The number of nitrogens with one attached hydrogen (secondary N) is 2. The molecule has 1 heterocycles. The Morgan fingerprint density at radius 3 is 2.76 bits per heavy atom. The van der Waals surface area contributed by atoms with Crippen molar-refractivity contribution in [2.75, 3.05) is 0 Å². The molecule has 2 amide bonds. The molecule has 0 aliphatic heterocycles. The third-order valence-electron chi connectivity index (χ3n) is 2.37. The Kier molecular flexibility index (Phi) is 5.13. The highest BCUT2D eigenvalue weighted by atomic mass is 16.2. The molecule has 2 N–H and O–H groups in total. The summed E-state index contributed by atoms with van der Waals surface area (Å²) in [6.45, 7) is 4.10. The van der Waals surface area contributed by atoms with E-state index in [0.717, 1.165) is 12.0 Å². The molecule has 92 valence electrons. The molecule has 1 aromatic rings. The first-order valence-electron chi connectivity index (χ1n) is 5.61. The highest BCUT2D eigenvalue weighted by Gasteiger charge is 2.14. The van der Waals surface area contributed by atoms with E-state index in [9.17, 15) is 9.59 Å². The molecule has 0 aliphatic carbocycles. The van der Waals surface area contributed by atoms with E-state index in [0.29, 0.717) is 6.54 Å². The average molecular weight is 235 g/mol. The lowest BCUT2D eigenvalue weighted by atomic mass is 10.2. The van der Waals surface area contributed by atoms with Crippen molar-refractivity contribution < 1.29 is 9.59 Å². The maximum absolute atomic E-state index is 11.4. The van der Waals surface area contributed by atoms with Crippen molar-refractivity contribution in [2.45, 2.75) is 32.9 Å². The summed E-state index contributed by atoms with van der Waals surface area (Å²) in [6, 6.07) is 3.62. The lowest BCUT2D eigenvalue weighted by Crippen LogP contribution is -2.43. The summed E-state index contributed by atoms with van der Waals surface area (Å²) in [7, 11) is 0. The molecule has 0 spiro atoms. The number of carbonyl (C=O) groups is 2. The summed E-state index contributed by atoms with van der Waals surface area (Å²) in [4.78, 5) is 26.7. The maximum atomic E-state index is 11.4. The monoisotopic (exact) mass is 235 g/mol. The predicted molar refractivity (Wildman–Crippen MR) is 64.0 cm³/mol. The number of carbonyl (C=O) groups excluding carboxylic acids is 2. The van der Waals surface area contributed by atoms with E-state index in [-0.39, 0.29) is 6.04 Å². The SMILES string of the molecule is CCC(C)NC(=O)C(=O)NCc1cccnc1. The molecule has 5 heteroatoms. The van der Waals surface area contributed by atoms with Crippen LogP contribution in [-0.4, -0.2) is 22.8 Å².